The largest absolute Gasteiger partial charge is 0.206 e. The van der Waals surface area contributed by atoms with Crippen LogP contribution in [0.5, 0.6) is 0 Å². The van der Waals surface area contributed by atoms with Crippen molar-refractivity contribution >= 4 is 59.4 Å². The molecule has 5 heteroatoms. The minimum Gasteiger partial charge on any atom is -0.206 e. The number of rotatable bonds is 2. The van der Waals surface area contributed by atoms with Gasteiger partial charge in [-0.25, -0.2) is 4.39 Å². The Kier molecular flexibility index (Phi) is 4.86. The van der Waals surface area contributed by atoms with Crippen LogP contribution in [0, 0.1) is 5.82 Å². The zero-order valence-corrected chi connectivity index (χ0v) is 14.4. The first kappa shape index (κ1) is 14.5. The van der Waals surface area contributed by atoms with Crippen LogP contribution in [-0.2, 0) is 0 Å². The number of hydrogen-bond acceptors (Lipinski definition) is 0. The summed E-state index contributed by atoms with van der Waals surface area (Å²) in [5.41, 5.74) is 1.78. The fraction of sp³-hybridized carbons (Fsp3) is 0.0769. The van der Waals surface area contributed by atoms with Crippen LogP contribution in [0.15, 0.2) is 49.8 Å². The standard InChI is InChI=1S/C13H7Br3ClF/c14-8-2-3-9(10(15)6-8)13(17)7-1-4-12(18)11(16)5-7/h1-6,13H. The summed E-state index contributed by atoms with van der Waals surface area (Å²) in [6, 6.07) is 10.6. The molecular weight excluding hydrogens is 450 g/mol. The van der Waals surface area contributed by atoms with Crippen molar-refractivity contribution in [2.24, 2.45) is 0 Å². The summed E-state index contributed by atoms with van der Waals surface area (Å²) in [5, 5.41) is -0.329. The zero-order valence-electron chi connectivity index (χ0n) is 8.93. The van der Waals surface area contributed by atoms with Crippen LogP contribution >= 0.6 is 59.4 Å². The maximum atomic E-state index is 13.2. The highest BCUT2D eigenvalue weighted by Gasteiger charge is 2.15. The van der Waals surface area contributed by atoms with E-state index >= 15 is 0 Å². The first-order valence-corrected chi connectivity index (χ1v) is 7.84. The van der Waals surface area contributed by atoms with Crippen LogP contribution in [0.2, 0.25) is 0 Å². The maximum Gasteiger partial charge on any atom is 0.137 e. The second kappa shape index (κ2) is 6.04. The number of alkyl halides is 1. The van der Waals surface area contributed by atoms with Crippen molar-refractivity contribution in [2.45, 2.75) is 5.38 Å². The molecule has 0 aliphatic heterocycles. The fourth-order valence-electron chi connectivity index (χ4n) is 1.56. The van der Waals surface area contributed by atoms with Gasteiger partial charge in [0, 0.05) is 8.95 Å². The highest BCUT2D eigenvalue weighted by atomic mass is 79.9. The van der Waals surface area contributed by atoms with Gasteiger partial charge in [0.25, 0.3) is 0 Å². The lowest BCUT2D eigenvalue weighted by molar-refractivity contribution is 0.620. The van der Waals surface area contributed by atoms with Gasteiger partial charge in [-0.15, -0.1) is 11.6 Å². The Hall–Kier alpha value is 0.1000. The van der Waals surface area contributed by atoms with E-state index in [1.165, 1.54) is 6.07 Å². The molecule has 2 aromatic rings. The predicted molar refractivity (Wildman–Crippen MR) is 83.6 cm³/mol. The first-order valence-electron chi connectivity index (χ1n) is 5.03. The van der Waals surface area contributed by atoms with Gasteiger partial charge in [-0.2, -0.15) is 0 Å². The summed E-state index contributed by atoms with van der Waals surface area (Å²) in [7, 11) is 0. The van der Waals surface area contributed by atoms with E-state index in [-0.39, 0.29) is 11.2 Å². The molecule has 0 aliphatic carbocycles. The lowest BCUT2D eigenvalue weighted by Crippen LogP contribution is -1.95. The van der Waals surface area contributed by atoms with Crippen molar-refractivity contribution < 1.29 is 4.39 Å². The number of halogens is 5. The van der Waals surface area contributed by atoms with Crippen molar-refractivity contribution in [3.05, 3.63) is 66.8 Å². The minimum absolute atomic E-state index is 0.294. The van der Waals surface area contributed by atoms with Gasteiger partial charge < -0.3 is 0 Å². The Bertz CT molecular complexity index is 586. The smallest absolute Gasteiger partial charge is 0.137 e. The van der Waals surface area contributed by atoms with Gasteiger partial charge in [0.05, 0.1) is 9.85 Å². The van der Waals surface area contributed by atoms with Gasteiger partial charge in [-0.05, 0) is 51.3 Å². The second-order valence-electron chi connectivity index (χ2n) is 3.70. The molecule has 0 nitrogen and oxygen atoms in total. The van der Waals surface area contributed by atoms with Gasteiger partial charge >= 0.3 is 0 Å². The van der Waals surface area contributed by atoms with E-state index in [9.17, 15) is 4.39 Å². The third-order valence-electron chi connectivity index (χ3n) is 2.47. The van der Waals surface area contributed by atoms with Crippen LogP contribution in [0.4, 0.5) is 4.39 Å². The molecule has 94 valence electrons. The van der Waals surface area contributed by atoms with Gasteiger partial charge in [0.2, 0.25) is 0 Å². The lowest BCUT2D eigenvalue weighted by atomic mass is 10.0. The predicted octanol–water partition coefficient (Wildman–Crippen LogP) is 6.44. The quantitative estimate of drug-likeness (QED) is 0.456. The molecule has 0 heterocycles. The Balaban J connectivity index is 2.41. The number of hydrogen-bond donors (Lipinski definition) is 0. The summed E-state index contributed by atoms with van der Waals surface area (Å²) in [6.45, 7) is 0. The highest BCUT2D eigenvalue weighted by molar-refractivity contribution is 9.11. The maximum absolute atomic E-state index is 13.2. The van der Waals surface area contributed by atoms with E-state index in [1.54, 1.807) is 12.1 Å². The van der Waals surface area contributed by atoms with E-state index in [4.69, 9.17) is 11.6 Å². The molecule has 18 heavy (non-hydrogen) atoms. The summed E-state index contributed by atoms with van der Waals surface area (Å²) >= 11 is 16.5. The molecular formula is C13H7Br3ClF. The minimum atomic E-state index is -0.329. The summed E-state index contributed by atoms with van der Waals surface area (Å²) in [5.74, 6) is -0.294. The van der Waals surface area contributed by atoms with Gasteiger partial charge in [-0.3, -0.25) is 0 Å². The van der Waals surface area contributed by atoms with Crippen LogP contribution < -0.4 is 0 Å². The van der Waals surface area contributed by atoms with E-state index < -0.39 is 0 Å². The lowest BCUT2D eigenvalue weighted by Gasteiger charge is -2.13. The molecule has 0 N–H and O–H groups in total. The zero-order chi connectivity index (χ0) is 13.3. The third kappa shape index (κ3) is 3.16. The van der Waals surface area contributed by atoms with E-state index in [1.807, 2.05) is 18.2 Å². The van der Waals surface area contributed by atoms with Crippen molar-refractivity contribution in [1.29, 1.82) is 0 Å². The van der Waals surface area contributed by atoms with Gasteiger partial charge in [-0.1, -0.05) is 44.0 Å². The Morgan fingerprint density at radius 1 is 0.944 bits per heavy atom. The molecule has 0 saturated heterocycles. The molecule has 0 aliphatic rings. The van der Waals surface area contributed by atoms with E-state index in [0.717, 1.165) is 20.1 Å². The SMILES string of the molecule is Fc1ccc(C(Cl)c2ccc(Br)cc2Br)cc1Br. The van der Waals surface area contributed by atoms with Crippen LogP contribution in [0.3, 0.4) is 0 Å². The van der Waals surface area contributed by atoms with Gasteiger partial charge in [0.1, 0.15) is 5.82 Å². The molecule has 0 fully saturated rings. The molecule has 0 amide bonds. The molecule has 0 aromatic heterocycles. The Labute approximate surface area is 135 Å². The molecule has 0 bridgehead atoms. The topological polar surface area (TPSA) is 0 Å². The average Bonchev–Trinajstić information content (AvgIpc) is 2.32. The van der Waals surface area contributed by atoms with Crippen LogP contribution in [-0.4, -0.2) is 0 Å². The van der Waals surface area contributed by atoms with Crippen molar-refractivity contribution in [2.75, 3.05) is 0 Å². The van der Waals surface area contributed by atoms with Crippen molar-refractivity contribution in [3.63, 3.8) is 0 Å². The molecule has 1 unspecified atom stereocenters. The molecule has 0 radical (unpaired) electrons. The summed E-state index contributed by atoms with van der Waals surface area (Å²) in [4.78, 5) is 0. The first-order chi connectivity index (χ1) is 8.49. The van der Waals surface area contributed by atoms with E-state index in [2.05, 4.69) is 47.8 Å². The summed E-state index contributed by atoms with van der Waals surface area (Å²) in [6.07, 6.45) is 0. The van der Waals surface area contributed by atoms with Crippen LogP contribution in [0.1, 0.15) is 16.5 Å². The molecule has 0 spiro atoms. The molecule has 1 atom stereocenters. The monoisotopic (exact) mass is 454 g/mol. The summed E-state index contributed by atoms with van der Waals surface area (Å²) < 4.78 is 15.5. The van der Waals surface area contributed by atoms with Crippen molar-refractivity contribution in [3.8, 4) is 0 Å². The highest BCUT2D eigenvalue weighted by Crippen LogP contribution is 2.36. The number of benzene rings is 2. The normalized spacial score (nSPS) is 12.5. The molecule has 2 aromatic carbocycles. The molecule has 0 saturated carbocycles. The van der Waals surface area contributed by atoms with Gasteiger partial charge in [0.15, 0.2) is 0 Å². The Morgan fingerprint density at radius 2 is 1.67 bits per heavy atom. The third-order valence-corrected chi connectivity index (χ3v) is 4.75. The molecule has 2 rings (SSSR count). The average molecular weight is 457 g/mol. The Morgan fingerprint density at radius 3 is 2.28 bits per heavy atom. The van der Waals surface area contributed by atoms with E-state index in [0.29, 0.717) is 4.47 Å². The second-order valence-corrected chi connectivity index (χ2v) is 6.76. The fourth-order valence-corrected chi connectivity index (χ4v) is 3.69. The van der Waals surface area contributed by atoms with Crippen LogP contribution in [0.25, 0.3) is 0 Å². The van der Waals surface area contributed by atoms with Crippen molar-refractivity contribution in [1.82, 2.24) is 0 Å².